The first-order chi connectivity index (χ1) is 11.2. The van der Waals surface area contributed by atoms with E-state index in [1.54, 1.807) is 18.2 Å². The average Bonchev–Trinajstić information content (AvgIpc) is 3.01. The molecule has 2 heterocycles. The molecule has 1 aliphatic heterocycles. The predicted octanol–water partition coefficient (Wildman–Crippen LogP) is 3.39. The molecule has 0 spiro atoms. The Hall–Kier alpha value is -2.56. The van der Waals surface area contributed by atoms with Crippen LogP contribution in [0.2, 0.25) is 0 Å². The van der Waals surface area contributed by atoms with Gasteiger partial charge in [0.05, 0.1) is 25.0 Å². The molecule has 1 aromatic heterocycles. The number of aromatic nitrogens is 1. The molecule has 1 fully saturated rings. The summed E-state index contributed by atoms with van der Waals surface area (Å²) >= 11 is 0. The number of amides is 1. The summed E-state index contributed by atoms with van der Waals surface area (Å²) in [6.07, 6.45) is 3.31. The van der Waals surface area contributed by atoms with E-state index in [4.69, 9.17) is 4.74 Å². The Bertz CT molecular complexity index is 685. The van der Waals surface area contributed by atoms with Gasteiger partial charge in [0, 0.05) is 13.0 Å². The third-order valence-corrected chi connectivity index (χ3v) is 4.09. The zero-order valence-electron chi connectivity index (χ0n) is 13.5. The largest absolute Gasteiger partial charge is 0.497 e. The van der Waals surface area contributed by atoms with Crippen molar-refractivity contribution < 1.29 is 9.53 Å². The van der Waals surface area contributed by atoms with E-state index >= 15 is 0 Å². The molecule has 0 radical (unpaired) electrons. The number of rotatable bonds is 5. The summed E-state index contributed by atoms with van der Waals surface area (Å²) in [5.41, 5.74) is 2.00. The highest BCUT2D eigenvalue weighted by molar-refractivity contribution is 5.95. The Morgan fingerprint density at radius 1 is 1.30 bits per heavy atom. The third-order valence-electron chi connectivity index (χ3n) is 4.09. The summed E-state index contributed by atoms with van der Waals surface area (Å²) < 4.78 is 5.26. The molecule has 0 saturated carbocycles. The van der Waals surface area contributed by atoms with Gasteiger partial charge in [-0.2, -0.15) is 0 Å². The number of anilines is 2. The number of nitrogens with one attached hydrogen (secondary N) is 1. The van der Waals surface area contributed by atoms with Crippen molar-refractivity contribution in [3.05, 3.63) is 48.2 Å². The first-order valence-electron chi connectivity index (χ1n) is 7.84. The molecule has 3 rings (SSSR count). The van der Waals surface area contributed by atoms with E-state index in [1.807, 2.05) is 30.3 Å². The van der Waals surface area contributed by atoms with E-state index in [0.29, 0.717) is 6.42 Å². The highest BCUT2D eigenvalue weighted by atomic mass is 16.5. The Morgan fingerprint density at radius 2 is 2.17 bits per heavy atom. The molecule has 120 valence electrons. The fourth-order valence-electron chi connectivity index (χ4n) is 2.77. The van der Waals surface area contributed by atoms with Crippen LogP contribution >= 0.6 is 0 Å². The average molecular weight is 311 g/mol. The molecule has 1 aromatic carbocycles. The third kappa shape index (κ3) is 3.44. The molecule has 1 saturated heterocycles. The predicted molar refractivity (Wildman–Crippen MR) is 90.9 cm³/mol. The van der Waals surface area contributed by atoms with Gasteiger partial charge in [0.25, 0.3) is 0 Å². The van der Waals surface area contributed by atoms with Crippen LogP contribution in [0.3, 0.4) is 0 Å². The van der Waals surface area contributed by atoms with Crippen LogP contribution in [0, 0.1) is 0 Å². The SMILES string of the molecule is COc1cccc([C@@H](C)Nc2ccc(N3CCCC3=O)cn2)c1. The highest BCUT2D eigenvalue weighted by Gasteiger charge is 2.21. The second-order valence-electron chi connectivity index (χ2n) is 5.69. The van der Waals surface area contributed by atoms with Gasteiger partial charge in [-0.05, 0) is 43.2 Å². The van der Waals surface area contributed by atoms with Gasteiger partial charge in [-0.25, -0.2) is 4.98 Å². The van der Waals surface area contributed by atoms with Gasteiger partial charge in [0.2, 0.25) is 5.91 Å². The number of methoxy groups -OCH3 is 1. The van der Waals surface area contributed by atoms with Crippen molar-refractivity contribution in [2.75, 3.05) is 23.9 Å². The van der Waals surface area contributed by atoms with Crippen molar-refractivity contribution >= 4 is 17.4 Å². The summed E-state index contributed by atoms with van der Waals surface area (Å²) in [7, 11) is 1.66. The summed E-state index contributed by atoms with van der Waals surface area (Å²) in [6.45, 7) is 2.86. The molecule has 1 atom stereocenters. The topological polar surface area (TPSA) is 54.5 Å². The normalized spacial score (nSPS) is 15.6. The lowest BCUT2D eigenvalue weighted by atomic mass is 10.1. The molecule has 0 unspecified atom stereocenters. The van der Waals surface area contributed by atoms with Crippen molar-refractivity contribution in [2.24, 2.45) is 0 Å². The maximum atomic E-state index is 11.8. The maximum absolute atomic E-state index is 11.8. The number of nitrogens with zero attached hydrogens (tertiary/aromatic N) is 2. The van der Waals surface area contributed by atoms with E-state index in [0.717, 1.165) is 35.8 Å². The van der Waals surface area contributed by atoms with Crippen LogP contribution in [0.25, 0.3) is 0 Å². The number of pyridine rings is 1. The smallest absolute Gasteiger partial charge is 0.227 e. The first-order valence-corrected chi connectivity index (χ1v) is 7.84. The lowest BCUT2D eigenvalue weighted by Gasteiger charge is -2.18. The number of ether oxygens (including phenoxy) is 1. The molecule has 1 aliphatic rings. The lowest BCUT2D eigenvalue weighted by Crippen LogP contribution is -2.23. The van der Waals surface area contributed by atoms with Crippen molar-refractivity contribution in [1.29, 1.82) is 0 Å². The zero-order valence-corrected chi connectivity index (χ0v) is 13.5. The van der Waals surface area contributed by atoms with Gasteiger partial charge in [0.1, 0.15) is 11.6 Å². The van der Waals surface area contributed by atoms with Crippen LogP contribution in [-0.4, -0.2) is 24.5 Å². The van der Waals surface area contributed by atoms with E-state index in [1.165, 1.54) is 0 Å². The second-order valence-corrected chi connectivity index (χ2v) is 5.69. The zero-order chi connectivity index (χ0) is 16.2. The summed E-state index contributed by atoms with van der Waals surface area (Å²) in [6, 6.07) is 11.9. The Kier molecular flexibility index (Phi) is 4.46. The van der Waals surface area contributed by atoms with Gasteiger partial charge in [0.15, 0.2) is 0 Å². The number of benzene rings is 1. The van der Waals surface area contributed by atoms with E-state index in [-0.39, 0.29) is 11.9 Å². The number of hydrogen-bond acceptors (Lipinski definition) is 4. The van der Waals surface area contributed by atoms with Crippen LogP contribution in [0.15, 0.2) is 42.6 Å². The fourth-order valence-corrected chi connectivity index (χ4v) is 2.77. The number of carbonyl (C=O) groups is 1. The number of carbonyl (C=O) groups excluding carboxylic acids is 1. The minimum atomic E-state index is 0.108. The van der Waals surface area contributed by atoms with Crippen LogP contribution < -0.4 is 15.0 Å². The Balaban J connectivity index is 1.69. The van der Waals surface area contributed by atoms with Gasteiger partial charge >= 0.3 is 0 Å². The Labute approximate surface area is 136 Å². The molecule has 0 bridgehead atoms. The van der Waals surface area contributed by atoms with Crippen LogP contribution in [0.5, 0.6) is 5.75 Å². The molecule has 1 amide bonds. The summed E-state index contributed by atoms with van der Waals surface area (Å²) in [4.78, 5) is 18.0. The minimum Gasteiger partial charge on any atom is -0.497 e. The lowest BCUT2D eigenvalue weighted by molar-refractivity contribution is -0.117. The van der Waals surface area contributed by atoms with Gasteiger partial charge in [-0.15, -0.1) is 0 Å². The molecule has 1 N–H and O–H groups in total. The Morgan fingerprint density at radius 3 is 2.83 bits per heavy atom. The quantitative estimate of drug-likeness (QED) is 0.919. The molecule has 5 nitrogen and oxygen atoms in total. The molecule has 23 heavy (non-hydrogen) atoms. The van der Waals surface area contributed by atoms with Gasteiger partial charge in [-0.3, -0.25) is 4.79 Å². The molecule has 0 aliphatic carbocycles. The second kappa shape index (κ2) is 6.69. The van der Waals surface area contributed by atoms with Crippen LogP contribution in [0.1, 0.15) is 31.4 Å². The van der Waals surface area contributed by atoms with Crippen LogP contribution in [-0.2, 0) is 4.79 Å². The monoisotopic (exact) mass is 311 g/mol. The minimum absolute atomic E-state index is 0.108. The van der Waals surface area contributed by atoms with Gasteiger partial charge < -0.3 is 15.0 Å². The van der Waals surface area contributed by atoms with Gasteiger partial charge in [-0.1, -0.05) is 12.1 Å². The maximum Gasteiger partial charge on any atom is 0.227 e. The molecular formula is C18H21N3O2. The van der Waals surface area contributed by atoms with Crippen molar-refractivity contribution in [3.63, 3.8) is 0 Å². The first kappa shape index (κ1) is 15.3. The summed E-state index contributed by atoms with van der Waals surface area (Å²) in [5.74, 6) is 1.81. The molecular weight excluding hydrogens is 290 g/mol. The van der Waals surface area contributed by atoms with E-state index in [2.05, 4.69) is 23.3 Å². The standard InChI is InChI=1S/C18H21N3O2/c1-13(14-5-3-6-16(11-14)23-2)20-17-9-8-15(12-19-17)21-10-4-7-18(21)22/h3,5-6,8-9,11-13H,4,7,10H2,1-2H3,(H,19,20)/t13-/m1/s1. The molecule has 2 aromatic rings. The van der Waals surface area contributed by atoms with Crippen molar-refractivity contribution in [3.8, 4) is 5.75 Å². The molecule has 5 heteroatoms. The van der Waals surface area contributed by atoms with E-state index in [9.17, 15) is 4.79 Å². The highest BCUT2D eigenvalue weighted by Crippen LogP contribution is 2.24. The van der Waals surface area contributed by atoms with Crippen molar-refractivity contribution in [2.45, 2.75) is 25.8 Å². The van der Waals surface area contributed by atoms with E-state index < -0.39 is 0 Å². The number of hydrogen-bond donors (Lipinski definition) is 1. The van der Waals surface area contributed by atoms with Crippen molar-refractivity contribution in [1.82, 2.24) is 4.98 Å². The summed E-state index contributed by atoms with van der Waals surface area (Å²) in [5, 5.41) is 3.37. The fraction of sp³-hybridized carbons (Fsp3) is 0.333. The van der Waals surface area contributed by atoms with Crippen LogP contribution in [0.4, 0.5) is 11.5 Å².